The average Bonchev–Trinajstić information content (AvgIpc) is 2.92. The van der Waals surface area contributed by atoms with Crippen LogP contribution in [-0.2, 0) is 19.0 Å². The van der Waals surface area contributed by atoms with Crippen LogP contribution in [0.15, 0.2) is 36.4 Å². The fraction of sp³-hybridized carbons (Fsp3) is 0.333. The lowest BCUT2D eigenvalue weighted by molar-refractivity contribution is -0.137. The van der Waals surface area contributed by atoms with Crippen LogP contribution in [0.2, 0.25) is 0 Å². The van der Waals surface area contributed by atoms with Crippen molar-refractivity contribution in [3.8, 4) is 0 Å². The lowest BCUT2D eigenvalue weighted by Gasteiger charge is -2.16. The maximum atomic E-state index is 12.6. The van der Waals surface area contributed by atoms with Crippen molar-refractivity contribution in [3.63, 3.8) is 0 Å². The Morgan fingerprint density at radius 1 is 1.10 bits per heavy atom. The maximum absolute atomic E-state index is 12.6. The third kappa shape index (κ3) is 4.06. The molecule has 0 fully saturated rings. The number of halogens is 3. The zero-order valence-corrected chi connectivity index (χ0v) is 12.4. The van der Waals surface area contributed by atoms with Gasteiger partial charge in [0.05, 0.1) is 11.6 Å². The molecule has 6 heteroatoms. The molecular formula is C15H17F3N2S. The van der Waals surface area contributed by atoms with E-state index in [9.17, 15) is 13.2 Å². The molecule has 3 N–H and O–H groups in total. The molecule has 0 aliphatic heterocycles. The summed E-state index contributed by atoms with van der Waals surface area (Å²) in [5, 5.41) is 0. The summed E-state index contributed by atoms with van der Waals surface area (Å²) < 4.78 is 37.7. The van der Waals surface area contributed by atoms with E-state index < -0.39 is 11.7 Å². The smallest absolute Gasteiger partial charge is 0.271 e. The van der Waals surface area contributed by atoms with Crippen LogP contribution in [0.3, 0.4) is 0 Å². The topological polar surface area (TPSA) is 38.0 Å². The van der Waals surface area contributed by atoms with Gasteiger partial charge >= 0.3 is 6.18 Å². The highest BCUT2D eigenvalue weighted by Crippen LogP contribution is 2.30. The van der Waals surface area contributed by atoms with Crippen LogP contribution in [0, 0.1) is 0 Å². The molecule has 0 amide bonds. The molecule has 0 saturated heterocycles. The molecule has 0 aliphatic carbocycles. The fourth-order valence-corrected chi connectivity index (χ4v) is 3.10. The van der Waals surface area contributed by atoms with E-state index in [1.165, 1.54) is 17.0 Å². The highest BCUT2D eigenvalue weighted by atomic mass is 32.1. The number of hydrogen-bond acceptors (Lipinski definition) is 3. The van der Waals surface area contributed by atoms with Gasteiger partial charge < -0.3 is 0 Å². The van der Waals surface area contributed by atoms with Crippen molar-refractivity contribution in [1.82, 2.24) is 5.43 Å². The van der Waals surface area contributed by atoms with Crippen LogP contribution in [0.5, 0.6) is 0 Å². The number of benzene rings is 1. The predicted molar refractivity (Wildman–Crippen MR) is 78.9 cm³/mol. The Morgan fingerprint density at radius 2 is 1.71 bits per heavy atom. The third-order valence-corrected chi connectivity index (χ3v) is 4.56. The number of hydrazine groups is 1. The standard InChI is InChI=1S/C15H17F3N2S/c1-2-12-7-8-13(21-12)9-14(20-19)10-3-5-11(6-4-10)15(16,17)18/h3-8,14,20H,2,9,19H2,1H3. The summed E-state index contributed by atoms with van der Waals surface area (Å²) in [6.07, 6.45) is -2.67. The van der Waals surface area contributed by atoms with E-state index in [-0.39, 0.29) is 6.04 Å². The summed E-state index contributed by atoms with van der Waals surface area (Å²) >= 11 is 1.70. The second-order valence-corrected chi connectivity index (χ2v) is 6.02. The molecule has 114 valence electrons. The van der Waals surface area contributed by atoms with Crippen molar-refractivity contribution >= 4 is 11.3 Å². The second kappa shape index (κ2) is 6.60. The van der Waals surface area contributed by atoms with Crippen molar-refractivity contribution in [1.29, 1.82) is 0 Å². The average molecular weight is 314 g/mol. The lowest BCUT2D eigenvalue weighted by Crippen LogP contribution is -2.29. The summed E-state index contributed by atoms with van der Waals surface area (Å²) in [4.78, 5) is 2.45. The molecule has 0 radical (unpaired) electrons. The van der Waals surface area contributed by atoms with Crippen molar-refractivity contribution in [2.24, 2.45) is 5.84 Å². The van der Waals surface area contributed by atoms with Crippen molar-refractivity contribution < 1.29 is 13.2 Å². The minimum absolute atomic E-state index is 0.198. The van der Waals surface area contributed by atoms with E-state index in [1.54, 1.807) is 11.3 Å². The first-order valence-corrected chi connectivity index (χ1v) is 7.46. The molecule has 1 heterocycles. The zero-order valence-electron chi connectivity index (χ0n) is 11.6. The summed E-state index contributed by atoms with van der Waals surface area (Å²) in [7, 11) is 0. The van der Waals surface area contributed by atoms with Gasteiger partial charge in [-0.1, -0.05) is 19.1 Å². The van der Waals surface area contributed by atoms with Gasteiger partial charge in [0.2, 0.25) is 0 Å². The molecule has 1 aromatic carbocycles. The predicted octanol–water partition coefficient (Wildman–Crippen LogP) is 4.08. The normalized spacial score (nSPS) is 13.4. The molecule has 1 atom stereocenters. The molecule has 2 rings (SSSR count). The number of thiophene rings is 1. The molecule has 0 spiro atoms. The SMILES string of the molecule is CCc1ccc(CC(NN)c2ccc(C(F)(F)F)cc2)s1. The van der Waals surface area contributed by atoms with E-state index in [0.717, 1.165) is 29.0 Å². The molecule has 0 aliphatic rings. The van der Waals surface area contributed by atoms with Gasteiger partial charge in [-0.3, -0.25) is 11.3 Å². The Kier molecular flexibility index (Phi) is 5.03. The Morgan fingerprint density at radius 3 is 2.19 bits per heavy atom. The number of alkyl halides is 3. The molecule has 1 aromatic heterocycles. The number of rotatable bonds is 5. The highest BCUT2D eigenvalue weighted by Gasteiger charge is 2.30. The minimum Gasteiger partial charge on any atom is -0.271 e. The third-order valence-electron chi connectivity index (χ3n) is 3.31. The van der Waals surface area contributed by atoms with Gasteiger partial charge in [-0.15, -0.1) is 11.3 Å². The first-order valence-electron chi connectivity index (χ1n) is 6.65. The van der Waals surface area contributed by atoms with Crippen LogP contribution in [-0.4, -0.2) is 0 Å². The number of hydrogen-bond donors (Lipinski definition) is 2. The molecule has 21 heavy (non-hydrogen) atoms. The van der Waals surface area contributed by atoms with Gasteiger partial charge in [0.25, 0.3) is 0 Å². The Hall–Kier alpha value is -1.37. The quantitative estimate of drug-likeness (QED) is 0.645. The molecule has 2 aromatic rings. The van der Waals surface area contributed by atoms with Crippen LogP contribution >= 0.6 is 11.3 Å². The van der Waals surface area contributed by atoms with Crippen molar-refractivity contribution in [3.05, 3.63) is 57.3 Å². The van der Waals surface area contributed by atoms with Gasteiger partial charge in [0.15, 0.2) is 0 Å². The summed E-state index contributed by atoms with van der Waals surface area (Å²) in [6.45, 7) is 2.09. The number of aryl methyl sites for hydroxylation is 1. The number of nitrogens with one attached hydrogen (secondary N) is 1. The van der Waals surface area contributed by atoms with Gasteiger partial charge in [-0.2, -0.15) is 13.2 Å². The van der Waals surface area contributed by atoms with Gasteiger partial charge in [0.1, 0.15) is 0 Å². The monoisotopic (exact) mass is 314 g/mol. The van der Waals surface area contributed by atoms with Crippen molar-refractivity contribution in [2.75, 3.05) is 0 Å². The van der Waals surface area contributed by atoms with Crippen LogP contribution in [0.25, 0.3) is 0 Å². The fourth-order valence-electron chi connectivity index (χ4n) is 2.10. The molecular weight excluding hydrogens is 297 g/mol. The van der Waals surface area contributed by atoms with Gasteiger partial charge in [-0.25, -0.2) is 0 Å². The zero-order chi connectivity index (χ0) is 15.5. The van der Waals surface area contributed by atoms with Gasteiger partial charge in [-0.05, 0) is 36.2 Å². The first-order chi connectivity index (χ1) is 9.94. The maximum Gasteiger partial charge on any atom is 0.416 e. The van der Waals surface area contributed by atoms with Gasteiger partial charge in [0, 0.05) is 16.2 Å². The Labute approximate surface area is 125 Å². The first kappa shape index (κ1) is 16.0. The number of nitrogens with two attached hydrogens (primary N) is 1. The van der Waals surface area contributed by atoms with E-state index >= 15 is 0 Å². The Bertz CT molecular complexity index is 575. The molecule has 1 unspecified atom stereocenters. The minimum atomic E-state index is -4.31. The molecule has 2 nitrogen and oxygen atoms in total. The summed E-state index contributed by atoms with van der Waals surface area (Å²) in [6, 6.07) is 9.04. The van der Waals surface area contributed by atoms with E-state index in [4.69, 9.17) is 5.84 Å². The van der Waals surface area contributed by atoms with E-state index in [0.29, 0.717) is 6.42 Å². The molecule has 0 saturated carbocycles. The summed E-state index contributed by atoms with van der Waals surface area (Å²) in [5.74, 6) is 5.55. The second-order valence-electron chi connectivity index (χ2n) is 4.76. The van der Waals surface area contributed by atoms with Crippen LogP contribution < -0.4 is 11.3 Å². The molecule has 0 bridgehead atoms. The summed E-state index contributed by atoms with van der Waals surface area (Å²) in [5.41, 5.74) is 2.78. The van der Waals surface area contributed by atoms with E-state index in [2.05, 4.69) is 18.4 Å². The Balaban J connectivity index is 2.13. The lowest BCUT2D eigenvalue weighted by atomic mass is 10.0. The van der Waals surface area contributed by atoms with Crippen LogP contribution in [0.1, 0.15) is 33.8 Å². The van der Waals surface area contributed by atoms with Crippen LogP contribution in [0.4, 0.5) is 13.2 Å². The largest absolute Gasteiger partial charge is 0.416 e. The highest BCUT2D eigenvalue weighted by molar-refractivity contribution is 7.11. The van der Waals surface area contributed by atoms with Crippen molar-refractivity contribution in [2.45, 2.75) is 32.0 Å². The van der Waals surface area contributed by atoms with E-state index in [1.807, 2.05) is 6.07 Å².